The first-order valence-corrected chi connectivity index (χ1v) is 11.2. The van der Waals surface area contributed by atoms with Crippen LogP contribution in [0.3, 0.4) is 0 Å². The fourth-order valence-corrected chi connectivity index (χ4v) is 4.71. The summed E-state index contributed by atoms with van der Waals surface area (Å²) in [5.74, 6) is -0.590. The van der Waals surface area contributed by atoms with Crippen LogP contribution in [-0.4, -0.2) is 34.3 Å². The second-order valence-electron chi connectivity index (χ2n) is 8.59. The van der Waals surface area contributed by atoms with Gasteiger partial charge in [0.05, 0.1) is 11.6 Å². The molecule has 5 nitrogen and oxygen atoms in total. The summed E-state index contributed by atoms with van der Waals surface area (Å²) in [5, 5.41) is 11.3. The van der Waals surface area contributed by atoms with Crippen molar-refractivity contribution in [3.8, 4) is 5.75 Å². The minimum atomic E-state index is -0.653. The Morgan fingerprint density at radius 3 is 2.42 bits per heavy atom. The fourth-order valence-electron chi connectivity index (χ4n) is 4.71. The third-order valence-electron chi connectivity index (χ3n) is 6.31. The molecule has 1 fully saturated rings. The van der Waals surface area contributed by atoms with Crippen LogP contribution in [0, 0.1) is 0 Å². The van der Waals surface area contributed by atoms with Crippen molar-refractivity contribution in [1.82, 2.24) is 4.90 Å². The normalized spacial score (nSPS) is 21.2. The van der Waals surface area contributed by atoms with Crippen LogP contribution in [0.1, 0.15) is 35.2 Å². The molecule has 3 aromatic carbocycles. The summed E-state index contributed by atoms with van der Waals surface area (Å²) in [5.41, 5.74) is 3.52. The van der Waals surface area contributed by atoms with Crippen molar-refractivity contribution in [1.29, 1.82) is 0 Å². The lowest BCUT2D eigenvalue weighted by Gasteiger charge is -2.25. The van der Waals surface area contributed by atoms with E-state index in [2.05, 4.69) is 0 Å². The lowest BCUT2D eigenvalue weighted by molar-refractivity contribution is -0.139. The molecule has 2 aliphatic rings. The van der Waals surface area contributed by atoms with Crippen LogP contribution in [-0.2, 0) is 22.4 Å². The van der Waals surface area contributed by atoms with Crippen molar-refractivity contribution in [3.05, 3.63) is 107 Å². The molecule has 2 atom stereocenters. The van der Waals surface area contributed by atoms with E-state index < -0.39 is 17.7 Å². The molecule has 166 valence electrons. The molecule has 5 rings (SSSR count). The number of hydrogen-bond acceptors (Lipinski definition) is 4. The van der Waals surface area contributed by atoms with E-state index in [1.165, 1.54) is 0 Å². The van der Waals surface area contributed by atoms with Gasteiger partial charge in [0.2, 0.25) is 0 Å². The number of amides is 1. The van der Waals surface area contributed by atoms with Gasteiger partial charge in [0, 0.05) is 18.5 Å². The number of rotatable bonds is 5. The van der Waals surface area contributed by atoms with Gasteiger partial charge in [-0.3, -0.25) is 9.59 Å². The predicted octanol–water partition coefficient (Wildman–Crippen LogP) is 4.67. The van der Waals surface area contributed by atoms with Gasteiger partial charge in [-0.15, -0.1) is 0 Å². The Labute approximate surface area is 192 Å². The van der Waals surface area contributed by atoms with Gasteiger partial charge in [0.25, 0.3) is 11.7 Å². The molecule has 1 saturated heterocycles. The molecule has 5 heteroatoms. The maximum Gasteiger partial charge on any atom is 0.295 e. The van der Waals surface area contributed by atoms with Gasteiger partial charge in [-0.25, -0.2) is 0 Å². The van der Waals surface area contributed by atoms with Gasteiger partial charge in [-0.05, 0) is 48.2 Å². The Hall–Kier alpha value is -3.86. The van der Waals surface area contributed by atoms with Crippen LogP contribution in [0.15, 0.2) is 84.4 Å². The number of hydrogen-bond donors (Lipinski definition) is 1. The number of aliphatic hydroxyl groups is 1. The molecule has 0 radical (unpaired) electrons. The van der Waals surface area contributed by atoms with Crippen molar-refractivity contribution in [2.45, 2.75) is 31.9 Å². The summed E-state index contributed by atoms with van der Waals surface area (Å²) in [7, 11) is 0. The average Bonchev–Trinajstić information content (AvgIpc) is 3.34. The molecule has 0 saturated carbocycles. The van der Waals surface area contributed by atoms with E-state index in [0.29, 0.717) is 18.5 Å². The standard InChI is InChI=1S/C28H25NO4/c1-18-16-22-17-21(12-13-23(22)33-18)26(30)24-25(20-10-6-3-7-11-20)29(28(32)27(24)31)15-14-19-8-4-2-5-9-19/h2-13,17-18,25,30H,14-16H2,1H3/b26-24+/t18-,25-/m1/s1. The van der Waals surface area contributed by atoms with Crippen LogP contribution in [0.4, 0.5) is 0 Å². The van der Waals surface area contributed by atoms with Crippen LogP contribution in [0.2, 0.25) is 0 Å². The van der Waals surface area contributed by atoms with Crippen LogP contribution in [0.25, 0.3) is 5.76 Å². The lowest BCUT2D eigenvalue weighted by Crippen LogP contribution is -2.31. The lowest BCUT2D eigenvalue weighted by atomic mass is 9.94. The van der Waals surface area contributed by atoms with Crippen molar-refractivity contribution >= 4 is 17.4 Å². The average molecular weight is 440 g/mol. The van der Waals surface area contributed by atoms with E-state index in [4.69, 9.17) is 4.74 Å². The Bertz CT molecular complexity index is 1230. The molecular weight excluding hydrogens is 414 g/mol. The first-order chi connectivity index (χ1) is 16.0. The summed E-state index contributed by atoms with van der Waals surface area (Å²) >= 11 is 0. The molecule has 0 unspecified atom stereocenters. The van der Waals surface area contributed by atoms with E-state index >= 15 is 0 Å². The SMILES string of the molecule is C[C@@H]1Cc2cc(/C(O)=C3\C(=O)C(=O)N(CCc4ccccc4)[C@@H]3c3ccccc3)ccc2O1. The molecule has 1 N–H and O–H groups in total. The number of aliphatic hydroxyl groups excluding tert-OH is 1. The zero-order valence-corrected chi connectivity index (χ0v) is 18.4. The van der Waals surface area contributed by atoms with E-state index in [-0.39, 0.29) is 17.4 Å². The number of benzene rings is 3. The highest BCUT2D eigenvalue weighted by Crippen LogP contribution is 2.40. The number of nitrogens with zero attached hydrogens (tertiary/aromatic N) is 1. The molecule has 0 bridgehead atoms. The first-order valence-electron chi connectivity index (χ1n) is 11.2. The number of ketones is 1. The van der Waals surface area contributed by atoms with Crippen LogP contribution < -0.4 is 4.74 Å². The van der Waals surface area contributed by atoms with Crippen LogP contribution >= 0.6 is 0 Å². The third kappa shape index (κ3) is 3.91. The topological polar surface area (TPSA) is 66.8 Å². The van der Waals surface area contributed by atoms with Gasteiger partial charge in [-0.2, -0.15) is 0 Å². The van der Waals surface area contributed by atoms with Crippen molar-refractivity contribution < 1.29 is 19.4 Å². The van der Waals surface area contributed by atoms with Crippen molar-refractivity contribution in [3.63, 3.8) is 0 Å². The maximum atomic E-state index is 13.2. The zero-order valence-electron chi connectivity index (χ0n) is 18.4. The molecule has 1 amide bonds. The van der Waals surface area contributed by atoms with E-state index in [1.807, 2.05) is 79.7 Å². The maximum absolute atomic E-state index is 13.2. The molecule has 33 heavy (non-hydrogen) atoms. The Balaban J connectivity index is 1.56. The molecular formula is C28H25NO4. The predicted molar refractivity (Wildman–Crippen MR) is 126 cm³/mol. The number of Topliss-reactive ketones (excluding diaryl/α,β-unsaturated/α-hetero) is 1. The first kappa shape index (κ1) is 21.0. The number of carbonyl (C=O) groups excluding carboxylic acids is 2. The molecule has 2 aliphatic heterocycles. The molecule has 0 spiro atoms. The minimum absolute atomic E-state index is 0.0743. The highest BCUT2D eigenvalue weighted by molar-refractivity contribution is 6.46. The fraction of sp³-hybridized carbons (Fsp3) is 0.214. The van der Waals surface area contributed by atoms with Gasteiger partial charge in [0.1, 0.15) is 17.6 Å². The highest BCUT2D eigenvalue weighted by Gasteiger charge is 2.45. The summed E-state index contributed by atoms with van der Waals surface area (Å²) in [6.07, 6.45) is 1.43. The van der Waals surface area contributed by atoms with Crippen molar-refractivity contribution in [2.75, 3.05) is 6.54 Å². The largest absolute Gasteiger partial charge is 0.507 e. The Morgan fingerprint density at radius 1 is 1.00 bits per heavy atom. The zero-order chi connectivity index (χ0) is 22.9. The van der Waals surface area contributed by atoms with Crippen molar-refractivity contribution in [2.24, 2.45) is 0 Å². The second-order valence-corrected chi connectivity index (χ2v) is 8.59. The summed E-state index contributed by atoms with van der Waals surface area (Å²) < 4.78 is 5.76. The van der Waals surface area contributed by atoms with Gasteiger partial charge in [0.15, 0.2) is 0 Å². The Kier molecular flexibility index (Phi) is 5.47. The molecule has 0 aromatic heterocycles. The highest BCUT2D eigenvalue weighted by atomic mass is 16.5. The second kappa shape index (κ2) is 8.58. The summed E-state index contributed by atoms with van der Waals surface area (Å²) in [4.78, 5) is 27.9. The molecule has 3 aromatic rings. The summed E-state index contributed by atoms with van der Waals surface area (Å²) in [6.45, 7) is 2.37. The third-order valence-corrected chi connectivity index (χ3v) is 6.31. The smallest absolute Gasteiger partial charge is 0.295 e. The number of ether oxygens (including phenoxy) is 1. The van der Waals surface area contributed by atoms with Gasteiger partial charge < -0.3 is 14.7 Å². The van der Waals surface area contributed by atoms with E-state index in [0.717, 1.165) is 28.9 Å². The van der Waals surface area contributed by atoms with E-state index in [9.17, 15) is 14.7 Å². The number of fused-ring (bicyclic) bond motifs is 1. The van der Waals surface area contributed by atoms with Gasteiger partial charge in [-0.1, -0.05) is 60.7 Å². The number of likely N-dealkylation sites (tertiary alicyclic amines) is 1. The summed E-state index contributed by atoms with van der Waals surface area (Å²) in [6, 6.07) is 24.0. The molecule has 2 heterocycles. The van der Waals surface area contributed by atoms with E-state index in [1.54, 1.807) is 11.0 Å². The quantitative estimate of drug-likeness (QED) is 0.356. The van der Waals surface area contributed by atoms with Gasteiger partial charge >= 0.3 is 0 Å². The monoisotopic (exact) mass is 439 g/mol. The minimum Gasteiger partial charge on any atom is -0.507 e. The number of carbonyl (C=O) groups is 2. The van der Waals surface area contributed by atoms with Crippen LogP contribution in [0.5, 0.6) is 5.75 Å². The molecule has 0 aliphatic carbocycles. The Morgan fingerprint density at radius 2 is 1.70 bits per heavy atom.